The molecule has 0 aliphatic carbocycles. The SMILES string of the molecule is CC1(O)CN(c2nc3c(C(N)=O)cccc3s2)C1. The van der Waals surface area contributed by atoms with Gasteiger partial charge in [-0.05, 0) is 19.1 Å². The van der Waals surface area contributed by atoms with Crippen LogP contribution in [0.25, 0.3) is 10.2 Å². The Hall–Kier alpha value is -1.66. The number of primary amides is 1. The van der Waals surface area contributed by atoms with E-state index in [0.29, 0.717) is 24.2 Å². The van der Waals surface area contributed by atoms with Gasteiger partial charge in [-0.2, -0.15) is 0 Å². The molecular weight excluding hydrogens is 250 g/mol. The van der Waals surface area contributed by atoms with Crippen LogP contribution < -0.4 is 10.6 Å². The van der Waals surface area contributed by atoms with E-state index in [9.17, 15) is 9.90 Å². The molecule has 5 nitrogen and oxygen atoms in total. The molecule has 1 aromatic carbocycles. The highest BCUT2D eigenvalue weighted by molar-refractivity contribution is 7.22. The fourth-order valence-corrected chi connectivity index (χ4v) is 3.17. The largest absolute Gasteiger partial charge is 0.386 e. The summed E-state index contributed by atoms with van der Waals surface area (Å²) >= 11 is 1.51. The summed E-state index contributed by atoms with van der Waals surface area (Å²) in [6.07, 6.45) is 0. The molecule has 1 fully saturated rings. The highest BCUT2D eigenvalue weighted by atomic mass is 32.1. The van der Waals surface area contributed by atoms with Crippen LogP contribution in [0.2, 0.25) is 0 Å². The lowest BCUT2D eigenvalue weighted by molar-refractivity contribution is 0.0310. The standard InChI is InChI=1S/C12H13N3O2S/c1-12(17)5-15(6-12)11-14-9-7(10(13)16)3-2-4-8(9)18-11/h2-4,17H,5-6H2,1H3,(H2,13,16). The van der Waals surface area contributed by atoms with Gasteiger partial charge in [-0.1, -0.05) is 17.4 Å². The summed E-state index contributed by atoms with van der Waals surface area (Å²) < 4.78 is 0.938. The minimum Gasteiger partial charge on any atom is -0.386 e. The van der Waals surface area contributed by atoms with E-state index in [1.807, 2.05) is 11.0 Å². The highest BCUT2D eigenvalue weighted by Gasteiger charge is 2.38. The minimum atomic E-state index is -0.635. The van der Waals surface area contributed by atoms with Gasteiger partial charge in [0.05, 0.1) is 34.5 Å². The second-order valence-corrected chi connectivity index (χ2v) is 5.88. The number of carbonyl (C=O) groups excluding carboxylic acids is 1. The summed E-state index contributed by atoms with van der Waals surface area (Å²) in [7, 11) is 0. The number of aromatic nitrogens is 1. The lowest BCUT2D eigenvalue weighted by Gasteiger charge is -2.44. The number of para-hydroxylation sites is 1. The average molecular weight is 263 g/mol. The van der Waals surface area contributed by atoms with Crippen LogP contribution >= 0.6 is 11.3 Å². The normalized spacial score (nSPS) is 17.8. The van der Waals surface area contributed by atoms with Crippen molar-refractivity contribution in [2.45, 2.75) is 12.5 Å². The van der Waals surface area contributed by atoms with Gasteiger partial charge < -0.3 is 15.7 Å². The Balaban J connectivity index is 2.02. The van der Waals surface area contributed by atoms with E-state index < -0.39 is 11.5 Å². The molecule has 1 saturated heterocycles. The number of hydrogen-bond acceptors (Lipinski definition) is 5. The number of anilines is 1. The number of hydrogen-bond donors (Lipinski definition) is 2. The van der Waals surface area contributed by atoms with Gasteiger partial charge in [0.15, 0.2) is 5.13 Å². The zero-order valence-electron chi connectivity index (χ0n) is 9.88. The van der Waals surface area contributed by atoms with Gasteiger partial charge in [-0.25, -0.2) is 4.98 Å². The van der Waals surface area contributed by atoms with Crippen molar-refractivity contribution < 1.29 is 9.90 Å². The average Bonchev–Trinajstić information content (AvgIpc) is 2.68. The zero-order valence-corrected chi connectivity index (χ0v) is 10.7. The summed E-state index contributed by atoms with van der Waals surface area (Å²) in [6.45, 7) is 2.93. The molecule has 0 atom stereocenters. The van der Waals surface area contributed by atoms with E-state index in [2.05, 4.69) is 4.98 Å². The molecule has 0 unspecified atom stereocenters. The van der Waals surface area contributed by atoms with E-state index >= 15 is 0 Å². The third kappa shape index (κ3) is 1.74. The number of aliphatic hydroxyl groups is 1. The van der Waals surface area contributed by atoms with E-state index in [-0.39, 0.29) is 0 Å². The quantitative estimate of drug-likeness (QED) is 0.846. The van der Waals surface area contributed by atoms with Crippen molar-refractivity contribution in [1.29, 1.82) is 0 Å². The van der Waals surface area contributed by atoms with Crippen molar-refractivity contribution in [3.8, 4) is 0 Å². The molecule has 0 bridgehead atoms. The molecule has 6 heteroatoms. The lowest BCUT2D eigenvalue weighted by atomic mass is 9.98. The smallest absolute Gasteiger partial charge is 0.250 e. The van der Waals surface area contributed by atoms with Crippen LogP contribution in [-0.4, -0.2) is 34.7 Å². The molecule has 18 heavy (non-hydrogen) atoms. The van der Waals surface area contributed by atoms with E-state index in [1.165, 1.54) is 11.3 Å². The van der Waals surface area contributed by atoms with E-state index in [1.54, 1.807) is 19.1 Å². The van der Waals surface area contributed by atoms with E-state index in [4.69, 9.17) is 5.73 Å². The van der Waals surface area contributed by atoms with Gasteiger partial charge in [-0.3, -0.25) is 4.79 Å². The van der Waals surface area contributed by atoms with Crippen LogP contribution in [0, 0.1) is 0 Å². The number of β-amino-alcohol motifs (C(OH)–C–C–N with tert-alkyl or cyclic N) is 1. The molecule has 3 rings (SSSR count). The molecule has 1 aromatic heterocycles. The van der Waals surface area contributed by atoms with Crippen molar-refractivity contribution in [2.75, 3.05) is 18.0 Å². The Morgan fingerprint density at radius 3 is 2.89 bits per heavy atom. The molecule has 0 radical (unpaired) electrons. The fourth-order valence-electron chi connectivity index (χ4n) is 2.18. The number of thiazole rings is 1. The Kier molecular flexibility index (Phi) is 2.33. The van der Waals surface area contributed by atoms with E-state index in [0.717, 1.165) is 9.83 Å². The number of fused-ring (bicyclic) bond motifs is 1. The van der Waals surface area contributed by atoms with Gasteiger partial charge >= 0.3 is 0 Å². The Morgan fingerprint density at radius 1 is 1.56 bits per heavy atom. The summed E-state index contributed by atoms with van der Waals surface area (Å²) in [6, 6.07) is 5.40. The van der Waals surface area contributed by atoms with Gasteiger partial charge in [0.2, 0.25) is 0 Å². The van der Waals surface area contributed by atoms with Crippen molar-refractivity contribution in [1.82, 2.24) is 4.98 Å². The zero-order chi connectivity index (χ0) is 12.9. The van der Waals surface area contributed by atoms with Crippen molar-refractivity contribution >= 4 is 32.6 Å². The summed E-state index contributed by atoms with van der Waals surface area (Å²) in [5.41, 5.74) is 5.79. The third-order valence-electron chi connectivity index (χ3n) is 3.01. The molecule has 2 heterocycles. The maximum Gasteiger partial charge on any atom is 0.250 e. The first-order chi connectivity index (χ1) is 8.46. The maximum absolute atomic E-state index is 11.3. The Bertz CT molecular complexity index is 627. The fraction of sp³-hybridized carbons (Fsp3) is 0.333. The second kappa shape index (κ2) is 3.66. The molecule has 0 spiro atoms. The minimum absolute atomic E-state index is 0.447. The number of benzene rings is 1. The number of nitrogens with zero attached hydrogens (tertiary/aromatic N) is 2. The Labute approximate surface area is 108 Å². The summed E-state index contributed by atoms with van der Waals surface area (Å²) in [5, 5.41) is 10.5. The number of carbonyl (C=O) groups is 1. The molecule has 1 aliphatic rings. The second-order valence-electron chi connectivity index (χ2n) is 4.87. The van der Waals surface area contributed by atoms with Crippen LogP contribution in [0.15, 0.2) is 18.2 Å². The lowest BCUT2D eigenvalue weighted by Crippen LogP contribution is -2.60. The monoisotopic (exact) mass is 263 g/mol. The molecule has 3 N–H and O–H groups in total. The molecule has 94 valence electrons. The number of amides is 1. The number of nitrogens with two attached hydrogens (primary N) is 1. The first-order valence-electron chi connectivity index (χ1n) is 5.63. The molecule has 2 aromatic rings. The molecular formula is C12H13N3O2S. The number of rotatable bonds is 2. The molecule has 1 aliphatic heterocycles. The predicted molar refractivity (Wildman–Crippen MR) is 71.0 cm³/mol. The van der Waals surface area contributed by atoms with Crippen molar-refractivity contribution in [3.63, 3.8) is 0 Å². The summed E-state index contributed by atoms with van der Waals surface area (Å²) in [4.78, 5) is 17.8. The van der Waals surface area contributed by atoms with Crippen LogP contribution in [-0.2, 0) is 0 Å². The van der Waals surface area contributed by atoms with Gasteiger partial charge in [0.25, 0.3) is 5.91 Å². The summed E-state index contributed by atoms with van der Waals surface area (Å²) in [5.74, 6) is -0.465. The Morgan fingerprint density at radius 2 is 2.28 bits per heavy atom. The molecule has 1 amide bonds. The van der Waals surface area contributed by atoms with Gasteiger partial charge in [0.1, 0.15) is 0 Å². The van der Waals surface area contributed by atoms with Gasteiger partial charge in [0, 0.05) is 0 Å². The van der Waals surface area contributed by atoms with Crippen LogP contribution in [0.5, 0.6) is 0 Å². The predicted octanol–water partition coefficient (Wildman–Crippen LogP) is 0.966. The highest BCUT2D eigenvalue weighted by Crippen LogP contribution is 2.35. The van der Waals surface area contributed by atoms with Gasteiger partial charge in [-0.15, -0.1) is 0 Å². The van der Waals surface area contributed by atoms with Crippen LogP contribution in [0.1, 0.15) is 17.3 Å². The van der Waals surface area contributed by atoms with Crippen molar-refractivity contribution in [3.05, 3.63) is 23.8 Å². The first kappa shape index (κ1) is 11.4. The molecule has 0 saturated carbocycles. The first-order valence-corrected chi connectivity index (χ1v) is 6.45. The topological polar surface area (TPSA) is 79.4 Å². The maximum atomic E-state index is 11.3. The van der Waals surface area contributed by atoms with Crippen molar-refractivity contribution in [2.24, 2.45) is 5.73 Å². The van der Waals surface area contributed by atoms with Crippen LogP contribution in [0.3, 0.4) is 0 Å². The third-order valence-corrected chi connectivity index (χ3v) is 4.09. The van der Waals surface area contributed by atoms with Crippen LogP contribution in [0.4, 0.5) is 5.13 Å².